The summed E-state index contributed by atoms with van der Waals surface area (Å²) in [5.74, 6) is 0.354. The zero-order valence-corrected chi connectivity index (χ0v) is 13.1. The minimum Gasteiger partial charge on any atom is -0.306 e. The Balaban J connectivity index is 1.84. The maximum Gasteiger partial charge on any atom is 0.258 e. The van der Waals surface area contributed by atoms with E-state index in [4.69, 9.17) is 0 Å². The average molecular weight is 309 g/mol. The molecule has 5 heteroatoms. The van der Waals surface area contributed by atoms with Crippen LogP contribution in [0, 0.1) is 13.8 Å². The molecule has 3 rings (SSSR count). The molecule has 0 aliphatic rings. The van der Waals surface area contributed by atoms with Crippen LogP contribution in [0.4, 0.5) is 5.82 Å². The van der Waals surface area contributed by atoms with Crippen molar-refractivity contribution < 1.29 is 4.79 Å². The van der Waals surface area contributed by atoms with Crippen molar-refractivity contribution in [3.8, 4) is 10.6 Å². The summed E-state index contributed by atoms with van der Waals surface area (Å²) < 4.78 is 0. The first-order valence-corrected chi connectivity index (χ1v) is 7.78. The lowest BCUT2D eigenvalue weighted by Crippen LogP contribution is -2.15. The van der Waals surface area contributed by atoms with E-state index in [0.717, 1.165) is 16.3 Å². The first-order valence-electron chi connectivity index (χ1n) is 6.90. The first-order chi connectivity index (χ1) is 10.6. The van der Waals surface area contributed by atoms with E-state index in [2.05, 4.69) is 15.3 Å². The summed E-state index contributed by atoms with van der Waals surface area (Å²) in [6.45, 7) is 3.73. The third kappa shape index (κ3) is 3.04. The summed E-state index contributed by atoms with van der Waals surface area (Å²) >= 11 is 1.63. The van der Waals surface area contributed by atoms with E-state index in [1.54, 1.807) is 17.4 Å². The summed E-state index contributed by atoms with van der Waals surface area (Å²) in [5.41, 5.74) is 3.01. The van der Waals surface area contributed by atoms with Crippen LogP contribution < -0.4 is 5.32 Å². The topological polar surface area (TPSA) is 54.9 Å². The fourth-order valence-corrected chi connectivity index (χ4v) is 2.85. The number of amides is 1. The minimum absolute atomic E-state index is 0.194. The Bertz CT molecular complexity index is 813. The van der Waals surface area contributed by atoms with Crippen LogP contribution >= 0.6 is 11.3 Å². The van der Waals surface area contributed by atoms with Gasteiger partial charge in [0, 0.05) is 5.69 Å². The van der Waals surface area contributed by atoms with E-state index in [9.17, 15) is 4.79 Å². The molecular formula is C17H15N3OS. The van der Waals surface area contributed by atoms with Gasteiger partial charge in [-0.2, -0.15) is 0 Å². The number of rotatable bonds is 3. The number of carbonyl (C=O) groups is 1. The lowest BCUT2D eigenvalue weighted by Gasteiger charge is -2.08. The lowest BCUT2D eigenvalue weighted by atomic mass is 10.1. The monoisotopic (exact) mass is 309 g/mol. The highest BCUT2D eigenvalue weighted by Crippen LogP contribution is 2.24. The van der Waals surface area contributed by atoms with E-state index in [1.165, 1.54) is 0 Å². The minimum atomic E-state index is -0.194. The van der Waals surface area contributed by atoms with E-state index in [-0.39, 0.29) is 5.91 Å². The molecular weight excluding hydrogens is 294 g/mol. The van der Waals surface area contributed by atoms with Gasteiger partial charge in [-0.1, -0.05) is 12.1 Å². The first kappa shape index (κ1) is 14.4. The molecule has 0 aromatic carbocycles. The van der Waals surface area contributed by atoms with Crippen molar-refractivity contribution >= 4 is 23.1 Å². The van der Waals surface area contributed by atoms with Crippen LogP contribution in [0.5, 0.6) is 0 Å². The van der Waals surface area contributed by atoms with Crippen molar-refractivity contribution in [1.82, 2.24) is 9.97 Å². The van der Waals surface area contributed by atoms with Gasteiger partial charge in [-0.25, -0.2) is 4.98 Å². The molecule has 0 unspecified atom stereocenters. The molecule has 0 saturated heterocycles. The van der Waals surface area contributed by atoms with E-state index in [0.29, 0.717) is 17.1 Å². The molecule has 3 heterocycles. The van der Waals surface area contributed by atoms with Gasteiger partial charge in [-0.05, 0) is 49.6 Å². The second-order valence-corrected chi connectivity index (χ2v) is 5.87. The van der Waals surface area contributed by atoms with Gasteiger partial charge in [0.2, 0.25) is 0 Å². The molecule has 0 atom stereocenters. The smallest absolute Gasteiger partial charge is 0.258 e. The van der Waals surface area contributed by atoms with Gasteiger partial charge in [0.15, 0.2) is 0 Å². The number of carbonyl (C=O) groups excluding carboxylic acids is 1. The van der Waals surface area contributed by atoms with Crippen molar-refractivity contribution in [2.75, 3.05) is 5.32 Å². The summed E-state index contributed by atoms with van der Waals surface area (Å²) in [5, 5.41) is 4.82. The molecule has 0 aliphatic heterocycles. The Kier molecular flexibility index (Phi) is 3.98. The molecule has 3 aromatic heterocycles. The van der Waals surface area contributed by atoms with Gasteiger partial charge in [0.05, 0.1) is 21.8 Å². The number of nitrogens with zero attached hydrogens (tertiary/aromatic N) is 2. The largest absolute Gasteiger partial charge is 0.306 e. The van der Waals surface area contributed by atoms with Crippen LogP contribution in [0.15, 0.2) is 47.8 Å². The third-order valence-electron chi connectivity index (χ3n) is 3.23. The number of aryl methyl sites for hydroxylation is 2. The highest BCUT2D eigenvalue weighted by Gasteiger charge is 2.12. The third-order valence-corrected chi connectivity index (χ3v) is 4.13. The Labute approximate surface area is 132 Å². The lowest BCUT2D eigenvalue weighted by molar-refractivity contribution is 0.102. The van der Waals surface area contributed by atoms with Crippen LogP contribution in [0.25, 0.3) is 10.6 Å². The van der Waals surface area contributed by atoms with Gasteiger partial charge in [-0.15, -0.1) is 11.3 Å². The Morgan fingerprint density at radius 1 is 1.05 bits per heavy atom. The fourth-order valence-electron chi connectivity index (χ4n) is 2.16. The summed E-state index contributed by atoms with van der Waals surface area (Å²) in [6.07, 6.45) is 0. The van der Waals surface area contributed by atoms with E-state index in [1.807, 2.05) is 55.6 Å². The second-order valence-electron chi connectivity index (χ2n) is 4.93. The molecule has 22 heavy (non-hydrogen) atoms. The quantitative estimate of drug-likeness (QED) is 0.793. The Hall–Kier alpha value is -2.53. The predicted octanol–water partition coefficient (Wildman–Crippen LogP) is 4.07. The second kappa shape index (κ2) is 6.07. The number of nitrogens with one attached hydrogen (secondary N) is 1. The molecule has 0 radical (unpaired) electrons. The molecule has 0 aliphatic carbocycles. The zero-order chi connectivity index (χ0) is 15.5. The van der Waals surface area contributed by atoms with Gasteiger partial charge in [-0.3, -0.25) is 9.78 Å². The van der Waals surface area contributed by atoms with Crippen LogP contribution in [0.2, 0.25) is 0 Å². The number of aromatic nitrogens is 2. The molecule has 0 fully saturated rings. The highest BCUT2D eigenvalue weighted by molar-refractivity contribution is 7.13. The molecule has 0 saturated carbocycles. The summed E-state index contributed by atoms with van der Waals surface area (Å²) in [7, 11) is 0. The van der Waals surface area contributed by atoms with E-state index < -0.39 is 0 Å². The van der Waals surface area contributed by atoms with Gasteiger partial charge >= 0.3 is 0 Å². The summed E-state index contributed by atoms with van der Waals surface area (Å²) in [6, 6.07) is 13.2. The molecule has 4 nitrogen and oxygen atoms in total. The van der Waals surface area contributed by atoms with Crippen LogP contribution in [-0.4, -0.2) is 15.9 Å². The van der Waals surface area contributed by atoms with Gasteiger partial charge in [0.1, 0.15) is 5.82 Å². The van der Waals surface area contributed by atoms with Crippen molar-refractivity contribution in [3.63, 3.8) is 0 Å². The number of anilines is 1. The van der Waals surface area contributed by atoms with Crippen molar-refractivity contribution in [3.05, 3.63) is 64.8 Å². The maximum absolute atomic E-state index is 12.4. The number of hydrogen-bond donors (Lipinski definition) is 1. The Morgan fingerprint density at radius 3 is 2.59 bits per heavy atom. The molecule has 1 N–H and O–H groups in total. The van der Waals surface area contributed by atoms with Crippen LogP contribution in [0.3, 0.4) is 0 Å². The van der Waals surface area contributed by atoms with Crippen molar-refractivity contribution in [2.24, 2.45) is 0 Å². The van der Waals surface area contributed by atoms with E-state index >= 15 is 0 Å². The number of hydrogen-bond acceptors (Lipinski definition) is 4. The molecule has 110 valence electrons. The standard InChI is InChI=1S/C17H15N3OS/c1-11-5-3-7-16(18-11)20-17(21)13-8-9-14(19-12(13)2)15-6-4-10-22-15/h3-10H,1-2H3,(H,18,20,21). The fraction of sp³-hybridized carbons (Fsp3) is 0.118. The number of thiophene rings is 1. The highest BCUT2D eigenvalue weighted by atomic mass is 32.1. The summed E-state index contributed by atoms with van der Waals surface area (Å²) in [4.78, 5) is 22.2. The molecule has 0 bridgehead atoms. The molecule has 0 spiro atoms. The zero-order valence-electron chi connectivity index (χ0n) is 12.3. The van der Waals surface area contributed by atoms with Crippen LogP contribution in [-0.2, 0) is 0 Å². The SMILES string of the molecule is Cc1cccc(NC(=O)c2ccc(-c3cccs3)nc2C)n1. The predicted molar refractivity (Wildman–Crippen MR) is 89.2 cm³/mol. The molecule has 3 aromatic rings. The average Bonchev–Trinajstić information content (AvgIpc) is 3.01. The maximum atomic E-state index is 12.4. The molecule has 1 amide bonds. The van der Waals surface area contributed by atoms with Crippen molar-refractivity contribution in [2.45, 2.75) is 13.8 Å². The van der Waals surface area contributed by atoms with Crippen LogP contribution in [0.1, 0.15) is 21.7 Å². The van der Waals surface area contributed by atoms with Crippen molar-refractivity contribution in [1.29, 1.82) is 0 Å². The Morgan fingerprint density at radius 2 is 1.91 bits per heavy atom. The normalized spacial score (nSPS) is 10.5. The van der Waals surface area contributed by atoms with Gasteiger partial charge < -0.3 is 5.32 Å². The van der Waals surface area contributed by atoms with Gasteiger partial charge in [0.25, 0.3) is 5.91 Å². The number of pyridine rings is 2.